The average molecular weight is 365 g/mol. The number of hydrogen-bond donors (Lipinski definition) is 1. The highest BCUT2D eigenvalue weighted by molar-refractivity contribution is 5.94. The number of hydrogen-bond acceptors (Lipinski definition) is 4. The summed E-state index contributed by atoms with van der Waals surface area (Å²) >= 11 is 0. The fourth-order valence-electron chi connectivity index (χ4n) is 4.55. The third kappa shape index (κ3) is 2.81. The number of rotatable bonds is 3. The van der Waals surface area contributed by atoms with Crippen LogP contribution in [-0.2, 0) is 11.3 Å². The van der Waals surface area contributed by atoms with E-state index in [0.717, 1.165) is 44.6 Å². The van der Waals surface area contributed by atoms with E-state index in [-0.39, 0.29) is 29.2 Å². The Morgan fingerprint density at radius 1 is 1.11 bits per heavy atom. The lowest BCUT2D eigenvalue weighted by atomic mass is 9.74. The number of carbonyl (C=O) groups is 2. The zero-order chi connectivity index (χ0) is 18.4. The van der Waals surface area contributed by atoms with Crippen molar-refractivity contribution >= 4 is 11.8 Å². The van der Waals surface area contributed by atoms with Crippen LogP contribution in [0, 0.1) is 11.3 Å². The molecule has 0 bridgehead atoms. The minimum Gasteiger partial charge on any atom is -0.342 e. The van der Waals surface area contributed by atoms with Gasteiger partial charge in [-0.25, -0.2) is 9.67 Å². The first-order valence-electron chi connectivity index (χ1n) is 9.69. The highest BCUT2D eigenvalue weighted by atomic mass is 16.2. The Balaban J connectivity index is 1.44. The van der Waals surface area contributed by atoms with E-state index in [1.165, 1.54) is 0 Å². The SMILES string of the molecule is O=C(N[C@@H]1c2ncnn2CC[C@]12CCN(C(=O)C1CC1)C2)c1ccccc1. The van der Waals surface area contributed by atoms with Gasteiger partial charge < -0.3 is 10.2 Å². The van der Waals surface area contributed by atoms with Gasteiger partial charge in [0, 0.05) is 36.5 Å². The summed E-state index contributed by atoms with van der Waals surface area (Å²) < 4.78 is 1.88. The molecule has 7 nitrogen and oxygen atoms in total. The fourth-order valence-corrected chi connectivity index (χ4v) is 4.55. The van der Waals surface area contributed by atoms with Crippen molar-refractivity contribution in [2.24, 2.45) is 11.3 Å². The predicted octanol–water partition coefficient (Wildman–Crippen LogP) is 1.78. The van der Waals surface area contributed by atoms with Gasteiger partial charge in [0.15, 0.2) is 0 Å². The van der Waals surface area contributed by atoms with Gasteiger partial charge in [-0.15, -0.1) is 0 Å². The van der Waals surface area contributed by atoms with Gasteiger partial charge >= 0.3 is 0 Å². The summed E-state index contributed by atoms with van der Waals surface area (Å²) in [6.07, 6.45) is 5.36. The van der Waals surface area contributed by atoms with Crippen molar-refractivity contribution in [3.63, 3.8) is 0 Å². The summed E-state index contributed by atoms with van der Waals surface area (Å²) in [5, 5.41) is 7.52. The second kappa shape index (κ2) is 6.18. The molecular formula is C20H23N5O2. The van der Waals surface area contributed by atoms with E-state index in [1.807, 2.05) is 39.9 Å². The van der Waals surface area contributed by atoms with Crippen LogP contribution in [0.4, 0.5) is 0 Å². The Morgan fingerprint density at radius 3 is 2.67 bits per heavy atom. The van der Waals surface area contributed by atoms with Crippen molar-refractivity contribution in [3.05, 3.63) is 48.0 Å². The van der Waals surface area contributed by atoms with Gasteiger partial charge in [-0.1, -0.05) is 18.2 Å². The van der Waals surface area contributed by atoms with Crippen molar-refractivity contribution < 1.29 is 9.59 Å². The molecule has 27 heavy (non-hydrogen) atoms. The van der Waals surface area contributed by atoms with E-state index in [4.69, 9.17) is 0 Å². The Labute approximate surface area is 157 Å². The van der Waals surface area contributed by atoms with E-state index in [9.17, 15) is 9.59 Å². The van der Waals surface area contributed by atoms with E-state index in [0.29, 0.717) is 12.1 Å². The molecule has 2 amide bonds. The van der Waals surface area contributed by atoms with Crippen LogP contribution in [0.1, 0.15) is 47.9 Å². The lowest BCUT2D eigenvalue weighted by Gasteiger charge is -2.40. The molecule has 0 radical (unpaired) electrons. The van der Waals surface area contributed by atoms with Gasteiger partial charge in [0.1, 0.15) is 12.2 Å². The third-order valence-corrected chi connectivity index (χ3v) is 6.27. The van der Waals surface area contributed by atoms with Crippen LogP contribution in [0.3, 0.4) is 0 Å². The predicted molar refractivity (Wildman–Crippen MR) is 97.6 cm³/mol. The molecule has 140 valence electrons. The summed E-state index contributed by atoms with van der Waals surface area (Å²) in [6.45, 7) is 2.23. The van der Waals surface area contributed by atoms with Crippen LogP contribution in [0.5, 0.6) is 0 Å². The second-order valence-electron chi connectivity index (χ2n) is 8.01. The zero-order valence-corrected chi connectivity index (χ0v) is 15.2. The summed E-state index contributed by atoms with van der Waals surface area (Å²) in [5.41, 5.74) is 0.464. The summed E-state index contributed by atoms with van der Waals surface area (Å²) in [6, 6.07) is 9.01. The molecule has 1 aliphatic carbocycles. The van der Waals surface area contributed by atoms with Crippen LogP contribution < -0.4 is 5.32 Å². The first-order chi connectivity index (χ1) is 13.2. The summed E-state index contributed by atoms with van der Waals surface area (Å²) in [7, 11) is 0. The zero-order valence-electron chi connectivity index (χ0n) is 15.2. The van der Waals surface area contributed by atoms with Crippen LogP contribution in [0.25, 0.3) is 0 Å². The van der Waals surface area contributed by atoms with Crippen LogP contribution in [0.15, 0.2) is 36.7 Å². The number of aryl methyl sites for hydroxylation is 1. The number of carbonyl (C=O) groups excluding carboxylic acids is 2. The van der Waals surface area contributed by atoms with Crippen molar-refractivity contribution in [2.45, 2.75) is 38.3 Å². The van der Waals surface area contributed by atoms with Gasteiger partial charge in [0.05, 0.1) is 6.04 Å². The summed E-state index contributed by atoms with van der Waals surface area (Å²) in [5.74, 6) is 1.20. The molecule has 5 rings (SSSR count). The molecule has 3 heterocycles. The van der Waals surface area contributed by atoms with Crippen molar-refractivity contribution in [1.29, 1.82) is 0 Å². The van der Waals surface area contributed by atoms with E-state index in [1.54, 1.807) is 6.33 Å². The second-order valence-corrected chi connectivity index (χ2v) is 8.01. The van der Waals surface area contributed by atoms with Crippen molar-refractivity contribution in [1.82, 2.24) is 25.0 Å². The maximum atomic E-state index is 12.9. The number of amides is 2. The minimum atomic E-state index is -0.238. The van der Waals surface area contributed by atoms with E-state index >= 15 is 0 Å². The monoisotopic (exact) mass is 365 g/mol. The Bertz CT molecular complexity index is 876. The molecule has 2 fully saturated rings. The number of nitrogens with one attached hydrogen (secondary N) is 1. The van der Waals surface area contributed by atoms with Crippen LogP contribution in [-0.4, -0.2) is 44.6 Å². The number of fused-ring (bicyclic) bond motifs is 1. The average Bonchev–Trinajstić information content (AvgIpc) is 3.29. The molecule has 2 aliphatic heterocycles. The number of benzene rings is 1. The first-order valence-corrected chi connectivity index (χ1v) is 9.69. The molecule has 3 aliphatic rings. The lowest BCUT2D eigenvalue weighted by molar-refractivity contribution is -0.132. The molecule has 1 saturated carbocycles. The molecule has 2 aromatic rings. The quantitative estimate of drug-likeness (QED) is 0.899. The van der Waals surface area contributed by atoms with Gasteiger partial charge in [0.25, 0.3) is 5.91 Å². The van der Waals surface area contributed by atoms with Crippen molar-refractivity contribution in [2.75, 3.05) is 13.1 Å². The topological polar surface area (TPSA) is 80.1 Å². The summed E-state index contributed by atoms with van der Waals surface area (Å²) in [4.78, 5) is 31.9. The van der Waals surface area contributed by atoms with Crippen molar-refractivity contribution in [3.8, 4) is 0 Å². The van der Waals surface area contributed by atoms with E-state index in [2.05, 4.69) is 15.4 Å². The first kappa shape index (κ1) is 16.5. The number of nitrogens with zero attached hydrogens (tertiary/aromatic N) is 4. The van der Waals surface area contributed by atoms with Gasteiger partial charge in [-0.05, 0) is 37.8 Å². The van der Waals surface area contributed by atoms with E-state index < -0.39 is 0 Å². The van der Waals surface area contributed by atoms with Crippen LogP contribution in [0.2, 0.25) is 0 Å². The maximum absolute atomic E-state index is 12.9. The standard InChI is InChI=1S/C20H23N5O2/c26-18(14-4-2-1-3-5-14)23-16-17-21-13-22-25(17)11-9-20(16)8-10-24(12-20)19(27)15-6-7-15/h1-5,13,15-16H,6-12H2,(H,23,26)/t16-,20+/m1/s1. The van der Waals surface area contributed by atoms with Gasteiger partial charge in [0.2, 0.25) is 5.91 Å². The van der Waals surface area contributed by atoms with Gasteiger partial charge in [-0.2, -0.15) is 5.10 Å². The maximum Gasteiger partial charge on any atom is 0.251 e. The Hall–Kier alpha value is -2.70. The molecule has 0 unspecified atom stereocenters. The molecule has 2 atom stereocenters. The smallest absolute Gasteiger partial charge is 0.251 e. The largest absolute Gasteiger partial charge is 0.342 e. The van der Waals surface area contributed by atoms with Crippen LogP contribution >= 0.6 is 0 Å². The number of aromatic nitrogens is 3. The lowest BCUT2D eigenvalue weighted by Crippen LogP contribution is -2.48. The third-order valence-electron chi connectivity index (χ3n) is 6.27. The fraction of sp³-hybridized carbons (Fsp3) is 0.500. The number of likely N-dealkylation sites (tertiary alicyclic amines) is 1. The molecule has 1 aromatic carbocycles. The Kier molecular flexibility index (Phi) is 3.77. The molecule has 1 aromatic heterocycles. The minimum absolute atomic E-state index is 0.108. The Morgan fingerprint density at radius 2 is 1.89 bits per heavy atom. The molecular weight excluding hydrogens is 342 g/mol. The highest BCUT2D eigenvalue weighted by Crippen LogP contribution is 2.48. The highest BCUT2D eigenvalue weighted by Gasteiger charge is 2.51. The molecule has 1 N–H and O–H groups in total. The molecule has 7 heteroatoms. The normalized spacial score (nSPS) is 26.8. The molecule has 1 spiro atoms. The van der Waals surface area contributed by atoms with Gasteiger partial charge in [-0.3, -0.25) is 9.59 Å². The molecule has 1 saturated heterocycles.